The minimum atomic E-state index is -4.29. The quantitative estimate of drug-likeness (QED) is 0.884. The molecular weight excluding hydrogens is 231 g/mol. The predicted molar refractivity (Wildman–Crippen MR) is 58.1 cm³/mol. The average molecular weight is 245 g/mol. The first kappa shape index (κ1) is 12.2. The zero-order chi connectivity index (χ0) is 12.5. The molecule has 0 bridgehead atoms. The van der Waals surface area contributed by atoms with Gasteiger partial charge in [0.2, 0.25) is 0 Å². The molecule has 0 spiro atoms. The highest BCUT2D eigenvalue weighted by Crippen LogP contribution is 2.37. The summed E-state index contributed by atoms with van der Waals surface area (Å²) in [6.45, 7) is -1.23. The molecule has 1 unspecified atom stereocenters. The number of hydrogen-bond acceptors (Lipinski definition) is 2. The van der Waals surface area contributed by atoms with Crippen LogP contribution in [0.3, 0.4) is 0 Å². The monoisotopic (exact) mass is 245 g/mol. The van der Waals surface area contributed by atoms with Gasteiger partial charge in [0.25, 0.3) is 0 Å². The van der Waals surface area contributed by atoms with Gasteiger partial charge in [0.05, 0.1) is 0 Å². The van der Waals surface area contributed by atoms with Crippen LogP contribution in [0.15, 0.2) is 18.2 Å². The molecule has 5 heteroatoms. The van der Waals surface area contributed by atoms with Gasteiger partial charge in [-0.25, -0.2) is 0 Å². The Morgan fingerprint density at radius 1 is 1.41 bits per heavy atom. The maximum Gasteiger partial charge on any atom is 0.422 e. The van der Waals surface area contributed by atoms with Crippen molar-refractivity contribution in [1.29, 1.82) is 0 Å². The molecule has 1 atom stereocenters. The lowest BCUT2D eigenvalue weighted by atomic mass is 10.1. The van der Waals surface area contributed by atoms with Gasteiger partial charge < -0.3 is 10.1 Å². The second-order valence-electron chi connectivity index (χ2n) is 4.11. The van der Waals surface area contributed by atoms with Crippen molar-refractivity contribution in [3.63, 3.8) is 0 Å². The van der Waals surface area contributed by atoms with Crippen molar-refractivity contribution in [2.24, 2.45) is 0 Å². The lowest BCUT2D eigenvalue weighted by molar-refractivity contribution is -0.153. The first-order valence-corrected chi connectivity index (χ1v) is 5.50. The zero-order valence-corrected chi connectivity index (χ0v) is 9.47. The number of halogens is 3. The van der Waals surface area contributed by atoms with E-state index in [-0.39, 0.29) is 6.04 Å². The topological polar surface area (TPSA) is 21.3 Å². The molecule has 2 rings (SSSR count). The van der Waals surface area contributed by atoms with E-state index in [0.717, 1.165) is 24.0 Å². The van der Waals surface area contributed by atoms with Crippen LogP contribution in [0.2, 0.25) is 0 Å². The minimum Gasteiger partial charge on any atom is -0.484 e. The summed E-state index contributed by atoms with van der Waals surface area (Å²) in [6.07, 6.45) is -2.63. The number of nitrogens with one attached hydrogen (secondary N) is 1. The largest absolute Gasteiger partial charge is 0.484 e. The number of hydrogen-bond donors (Lipinski definition) is 1. The molecular formula is C12H14F3NO. The summed E-state index contributed by atoms with van der Waals surface area (Å²) in [5.74, 6) is 0.359. The van der Waals surface area contributed by atoms with Crippen molar-refractivity contribution >= 4 is 0 Å². The molecule has 1 aromatic carbocycles. The normalized spacial score (nSPS) is 19.2. The standard InChI is InChI=1S/C12H14F3NO/c1-16-10-6-5-9-8(10)3-2-4-11(9)17-7-12(13,14)15/h2-4,10,16H,5-7H2,1H3. The highest BCUT2D eigenvalue weighted by molar-refractivity contribution is 5.45. The number of rotatable bonds is 3. The van der Waals surface area contributed by atoms with Crippen LogP contribution in [0.4, 0.5) is 13.2 Å². The van der Waals surface area contributed by atoms with E-state index in [0.29, 0.717) is 5.75 Å². The Hall–Kier alpha value is -1.23. The van der Waals surface area contributed by atoms with Crippen molar-refractivity contribution in [2.75, 3.05) is 13.7 Å². The molecule has 1 aromatic rings. The highest BCUT2D eigenvalue weighted by atomic mass is 19.4. The molecule has 0 saturated carbocycles. The van der Waals surface area contributed by atoms with Gasteiger partial charge in [-0.15, -0.1) is 0 Å². The van der Waals surface area contributed by atoms with Gasteiger partial charge in [0.15, 0.2) is 6.61 Å². The molecule has 1 N–H and O–H groups in total. The lowest BCUT2D eigenvalue weighted by Crippen LogP contribution is -2.19. The molecule has 0 aliphatic heterocycles. The van der Waals surface area contributed by atoms with Crippen LogP contribution in [0.25, 0.3) is 0 Å². The van der Waals surface area contributed by atoms with Crippen molar-refractivity contribution < 1.29 is 17.9 Å². The Bertz CT molecular complexity index is 403. The molecule has 0 fully saturated rings. The Kier molecular flexibility index (Phi) is 3.28. The summed E-state index contributed by atoms with van der Waals surface area (Å²) in [4.78, 5) is 0. The maximum atomic E-state index is 12.1. The van der Waals surface area contributed by atoms with Crippen molar-refractivity contribution in [3.8, 4) is 5.75 Å². The second kappa shape index (κ2) is 4.56. The number of ether oxygens (including phenoxy) is 1. The summed E-state index contributed by atoms with van der Waals surface area (Å²) in [6, 6.07) is 5.49. The predicted octanol–water partition coefficient (Wildman–Crippen LogP) is 2.83. The molecule has 1 aliphatic carbocycles. The van der Waals surface area contributed by atoms with Gasteiger partial charge in [-0.2, -0.15) is 13.2 Å². The lowest BCUT2D eigenvalue weighted by Gasteiger charge is -2.14. The molecule has 0 radical (unpaired) electrons. The maximum absolute atomic E-state index is 12.1. The summed E-state index contributed by atoms with van der Waals surface area (Å²) >= 11 is 0. The number of benzene rings is 1. The van der Waals surface area contributed by atoms with Gasteiger partial charge in [-0.3, -0.25) is 0 Å². The molecule has 0 heterocycles. The third-order valence-corrected chi connectivity index (χ3v) is 2.97. The van der Waals surface area contributed by atoms with E-state index in [1.54, 1.807) is 12.1 Å². The van der Waals surface area contributed by atoms with Crippen molar-refractivity contribution in [1.82, 2.24) is 5.32 Å². The van der Waals surface area contributed by atoms with Crippen LogP contribution < -0.4 is 10.1 Å². The molecule has 2 nitrogen and oxygen atoms in total. The SMILES string of the molecule is CNC1CCc2c(OCC(F)(F)F)cccc21. The van der Waals surface area contributed by atoms with Crippen molar-refractivity contribution in [2.45, 2.75) is 25.1 Å². The smallest absolute Gasteiger partial charge is 0.422 e. The molecule has 1 aliphatic rings. The fourth-order valence-electron chi connectivity index (χ4n) is 2.22. The molecule has 0 saturated heterocycles. The Morgan fingerprint density at radius 3 is 2.82 bits per heavy atom. The summed E-state index contributed by atoms with van der Waals surface area (Å²) < 4.78 is 41.1. The fourth-order valence-corrected chi connectivity index (χ4v) is 2.22. The van der Waals surface area contributed by atoms with E-state index in [1.165, 1.54) is 0 Å². The van der Waals surface area contributed by atoms with Gasteiger partial charge in [0.1, 0.15) is 5.75 Å². The van der Waals surface area contributed by atoms with Gasteiger partial charge in [-0.1, -0.05) is 12.1 Å². The zero-order valence-electron chi connectivity index (χ0n) is 9.47. The third-order valence-electron chi connectivity index (χ3n) is 2.97. The number of alkyl halides is 3. The van der Waals surface area contributed by atoms with Gasteiger partial charge in [0, 0.05) is 6.04 Å². The molecule has 0 amide bonds. The van der Waals surface area contributed by atoms with Crippen molar-refractivity contribution in [3.05, 3.63) is 29.3 Å². The van der Waals surface area contributed by atoms with E-state index >= 15 is 0 Å². The highest BCUT2D eigenvalue weighted by Gasteiger charge is 2.30. The Morgan fingerprint density at radius 2 is 2.18 bits per heavy atom. The van der Waals surface area contributed by atoms with E-state index < -0.39 is 12.8 Å². The number of fused-ring (bicyclic) bond motifs is 1. The van der Waals surface area contributed by atoms with E-state index in [2.05, 4.69) is 5.32 Å². The summed E-state index contributed by atoms with van der Waals surface area (Å²) in [5.41, 5.74) is 1.95. The molecule has 0 aromatic heterocycles. The van der Waals surface area contributed by atoms with Crippen LogP contribution in [0.1, 0.15) is 23.6 Å². The Balaban J connectivity index is 2.17. The van der Waals surface area contributed by atoms with E-state index in [9.17, 15) is 13.2 Å². The van der Waals surface area contributed by atoms with Crippen LogP contribution in [0.5, 0.6) is 5.75 Å². The van der Waals surface area contributed by atoms with Crippen LogP contribution >= 0.6 is 0 Å². The summed E-state index contributed by atoms with van der Waals surface area (Å²) in [5, 5.41) is 3.14. The third kappa shape index (κ3) is 2.72. The Labute approximate surface area is 97.8 Å². The van der Waals surface area contributed by atoms with Gasteiger partial charge in [-0.05, 0) is 37.1 Å². The molecule has 94 valence electrons. The average Bonchev–Trinajstić information content (AvgIpc) is 2.68. The van der Waals surface area contributed by atoms with E-state index in [1.807, 2.05) is 13.1 Å². The van der Waals surface area contributed by atoms with Crippen LogP contribution in [-0.2, 0) is 6.42 Å². The second-order valence-corrected chi connectivity index (χ2v) is 4.11. The minimum absolute atomic E-state index is 0.222. The fraction of sp³-hybridized carbons (Fsp3) is 0.500. The first-order valence-electron chi connectivity index (χ1n) is 5.50. The van der Waals surface area contributed by atoms with Crippen LogP contribution in [0, 0.1) is 0 Å². The summed E-state index contributed by atoms with van der Waals surface area (Å²) in [7, 11) is 1.85. The van der Waals surface area contributed by atoms with Gasteiger partial charge >= 0.3 is 6.18 Å². The van der Waals surface area contributed by atoms with E-state index in [4.69, 9.17) is 4.74 Å². The first-order chi connectivity index (χ1) is 8.01. The van der Waals surface area contributed by atoms with Crippen LogP contribution in [-0.4, -0.2) is 19.8 Å². The molecule has 17 heavy (non-hydrogen) atoms.